The Morgan fingerprint density at radius 2 is 2.12 bits per heavy atom. The van der Waals surface area contributed by atoms with Crippen molar-refractivity contribution in [1.29, 1.82) is 0 Å². The lowest BCUT2D eigenvalue weighted by Crippen LogP contribution is -2.37. The average Bonchev–Trinajstić information content (AvgIpc) is 2.36. The highest BCUT2D eigenvalue weighted by atomic mass is 16.5. The molecule has 1 atom stereocenters. The third-order valence-corrected chi connectivity index (χ3v) is 3.44. The average molecular weight is 242 g/mol. The van der Waals surface area contributed by atoms with Gasteiger partial charge in [-0.2, -0.15) is 0 Å². The minimum Gasteiger partial charge on any atom is -0.368 e. The number of rotatable bonds is 6. The van der Waals surface area contributed by atoms with Crippen LogP contribution < -0.4 is 5.32 Å². The van der Waals surface area contributed by atoms with Crippen LogP contribution in [0.2, 0.25) is 0 Å². The van der Waals surface area contributed by atoms with E-state index in [1.807, 2.05) is 7.05 Å². The summed E-state index contributed by atoms with van der Waals surface area (Å²) < 4.78 is 5.65. The number of amides is 1. The van der Waals surface area contributed by atoms with Crippen molar-refractivity contribution in [2.24, 2.45) is 5.92 Å². The molecule has 1 rings (SSSR count). The van der Waals surface area contributed by atoms with Gasteiger partial charge in [-0.25, -0.2) is 0 Å². The van der Waals surface area contributed by atoms with Crippen molar-refractivity contribution in [3.05, 3.63) is 0 Å². The van der Waals surface area contributed by atoms with Gasteiger partial charge < -0.3 is 15.0 Å². The molecule has 17 heavy (non-hydrogen) atoms. The van der Waals surface area contributed by atoms with Gasteiger partial charge in [0.05, 0.1) is 6.10 Å². The fraction of sp³-hybridized carbons (Fsp3) is 0.923. The van der Waals surface area contributed by atoms with E-state index >= 15 is 0 Å². The van der Waals surface area contributed by atoms with E-state index in [4.69, 9.17) is 4.74 Å². The van der Waals surface area contributed by atoms with Crippen molar-refractivity contribution >= 4 is 5.91 Å². The van der Waals surface area contributed by atoms with Gasteiger partial charge in [-0.1, -0.05) is 20.3 Å². The van der Waals surface area contributed by atoms with E-state index in [0.29, 0.717) is 5.92 Å². The highest BCUT2D eigenvalue weighted by Crippen LogP contribution is 2.08. The Bertz CT molecular complexity index is 227. The van der Waals surface area contributed by atoms with Crippen LogP contribution in [0.4, 0.5) is 0 Å². The van der Waals surface area contributed by atoms with Crippen LogP contribution in [0, 0.1) is 5.92 Å². The maximum Gasteiger partial charge on any atom is 0.248 e. The molecule has 1 fully saturated rings. The summed E-state index contributed by atoms with van der Waals surface area (Å²) in [5, 5.41) is 3.28. The third-order valence-electron chi connectivity index (χ3n) is 3.44. The molecule has 0 spiro atoms. The van der Waals surface area contributed by atoms with Crippen LogP contribution in [0.1, 0.15) is 33.1 Å². The Balaban J connectivity index is 2.18. The van der Waals surface area contributed by atoms with E-state index < -0.39 is 0 Å². The van der Waals surface area contributed by atoms with Gasteiger partial charge >= 0.3 is 0 Å². The van der Waals surface area contributed by atoms with Crippen LogP contribution in [0.5, 0.6) is 0 Å². The predicted octanol–water partition coefficient (Wildman–Crippen LogP) is 1.26. The quantitative estimate of drug-likeness (QED) is 0.762. The topological polar surface area (TPSA) is 41.6 Å². The van der Waals surface area contributed by atoms with Gasteiger partial charge in [0.15, 0.2) is 0 Å². The zero-order valence-electron chi connectivity index (χ0n) is 11.4. The second-order valence-corrected chi connectivity index (χ2v) is 5.05. The third kappa shape index (κ3) is 5.50. The van der Waals surface area contributed by atoms with E-state index in [1.165, 1.54) is 0 Å². The molecule has 1 unspecified atom stereocenters. The molecule has 100 valence electrons. The monoisotopic (exact) mass is 242 g/mol. The van der Waals surface area contributed by atoms with E-state index in [-0.39, 0.29) is 18.6 Å². The summed E-state index contributed by atoms with van der Waals surface area (Å²) in [5.41, 5.74) is 0. The molecular formula is C13H26N2O2. The van der Waals surface area contributed by atoms with Gasteiger partial charge in [0.2, 0.25) is 5.91 Å². The lowest BCUT2D eigenvalue weighted by atomic mass is 10.1. The first-order valence-electron chi connectivity index (χ1n) is 6.69. The van der Waals surface area contributed by atoms with Gasteiger partial charge in [0, 0.05) is 13.6 Å². The zero-order valence-corrected chi connectivity index (χ0v) is 11.4. The molecule has 0 aromatic heterocycles. The van der Waals surface area contributed by atoms with E-state index in [0.717, 1.165) is 38.9 Å². The molecule has 1 saturated heterocycles. The number of ether oxygens (including phenoxy) is 1. The minimum absolute atomic E-state index is 0.101. The van der Waals surface area contributed by atoms with Crippen molar-refractivity contribution in [1.82, 2.24) is 10.2 Å². The maximum absolute atomic E-state index is 11.8. The van der Waals surface area contributed by atoms with Crippen molar-refractivity contribution in [2.45, 2.75) is 39.2 Å². The largest absolute Gasteiger partial charge is 0.368 e. The van der Waals surface area contributed by atoms with Crippen molar-refractivity contribution in [3.63, 3.8) is 0 Å². The Labute approximate surface area is 105 Å². The predicted molar refractivity (Wildman–Crippen MR) is 68.9 cm³/mol. The fourth-order valence-corrected chi connectivity index (χ4v) is 1.96. The Morgan fingerprint density at radius 3 is 2.71 bits per heavy atom. The molecular weight excluding hydrogens is 216 g/mol. The lowest BCUT2D eigenvalue weighted by Gasteiger charge is -2.25. The fourth-order valence-electron chi connectivity index (χ4n) is 1.96. The summed E-state index contributed by atoms with van der Waals surface area (Å²) in [4.78, 5) is 13.6. The summed E-state index contributed by atoms with van der Waals surface area (Å²) >= 11 is 0. The SMILES string of the molecule is CCC(C)CN(C)C(=O)COC1CCNCC1. The number of carbonyl (C=O) groups excluding carboxylic acids is 1. The first-order valence-corrected chi connectivity index (χ1v) is 6.69. The van der Waals surface area contributed by atoms with Gasteiger partial charge in [0.1, 0.15) is 6.61 Å². The first kappa shape index (κ1) is 14.5. The number of hydrogen-bond acceptors (Lipinski definition) is 3. The molecule has 0 bridgehead atoms. The Kier molecular flexibility index (Phi) is 6.52. The smallest absolute Gasteiger partial charge is 0.248 e. The highest BCUT2D eigenvalue weighted by Gasteiger charge is 2.17. The molecule has 4 heteroatoms. The van der Waals surface area contributed by atoms with Crippen LogP contribution in [0.3, 0.4) is 0 Å². The molecule has 0 aliphatic carbocycles. The number of piperidine rings is 1. The molecule has 0 aromatic rings. The Morgan fingerprint density at radius 1 is 1.47 bits per heavy atom. The summed E-state index contributed by atoms with van der Waals surface area (Å²) in [6, 6.07) is 0. The van der Waals surface area contributed by atoms with E-state index in [2.05, 4.69) is 19.2 Å². The van der Waals surface area contributed by atoms with E-state index in [9.17, 15) is 4.79 Å². The summed E-state index contributed by atoms with van der Waals surface area (Å²) in [6.45, 7) is 7.37. The second-order valence-electron chi connectivity index (χ2n) is 5.05. The number of likely N-dealkylation sites (N-methyl/N-ethyl adjacent to an activating group) is 1. The number of carbonyl (C=O) groups is 1. The van der Waals surface area contributed by atoms with Gasteiger partial charge in [0.25, 0.3) is 0 Å². The van der Waals surface area contributed by atoms with Crippen LogP contribution in [0.15, 0.2) is 0 Å². The Hall–Kier alpha value is -0.610. The van der Waals surface area contributed by atoms with E-state index in [1.54, 1.807) is 4.90 Å². The molecule has 0 aromatic carbocycles. The van der Waals surface area contributed by atoms with Crippen LogP contribution >= 0.6 is 0 Å². The number of hydrogen-bond donors (Lipinski definition) is 1. The number of nitrogens with one attached hydrogen (secondary N) is 1. The minimum atomic E-state index is 0.101. The van der Waals surface area contributed by atoms with Crippen LogP contribution in [-0.2, 0) is 9.53 Å². The van der Waals surface area contributed by atoms with Crippen molar-refractivity contribution in [3.8, 4) is 0 Å². The maximum atomic E-state index is 11.8. The highest BCUT2D eigenvalue weighted by molar-refractivity contribution is 5.77. The second kappa shape index (κ2) is 7.67. The first-order chi connectivity index (χ1) is 8.13. The summed E-state index contributed by atoms with van der Waals surface area (Å²) in [6.07, 6.45) is 3.40. The lowest BCUT2D eigenvalue weighted by molar-refractivity contribution is -0.137. The molecule has 1 aliphatic heterocycles. The molecule has 0 saturated carbocycles. The molecule has 0 radical (unpaired) electrons. The summed E-state index contributed by atoms with van der Waals surface area (Å²) in [7, 11) is 1.86. The molecule has 1 amide bonds. The normalized spacial score (nSPS) is 19.0. The van der Waals surface area contributed by atoms with Gasteiger partial charge in [-0.15, -0.1) is 0 Å². The summed E-state index contributed by atoms with van der Waals surface area (Å²) in [5.74, 6) is 0.659. The van der Waals surface area contributed by atoms with Gasteiger partial charge in [-0.05, 0) is 31.8 Å². The van der Waals surface area contributed by atoms with Crippen LogP contribution in [-0.4, -0.2) is 50.2 Å². The molecule has 1 aliphatic rings. The molecule has 1 heterocycles. The van der Waals surface area contributed by atoms with Crippen molar-refractivity contribution in [2.75, 3.05) is 33.3 Å². The van der Waals surface area contributed by atoms with Crippen LogP contribution in [0.25, 0.3) is 0 Å². The molecule has 4 nitrogen and oxygen atoms in total. The molecule has 1 N–H and O–H groups in total. The van der Waals surface area contributed by atoms with Crippen molar-refractivity contribution < 1.29 is 9.53 Å². The van der Waals surface area contributed by atoms with Gasteiger partial charge in [-0.3, -0.25) is 4.79 Å². The number of nitrogens with zero attached hydrogens (tertiary/aromatic N) is 1. The standard InChI is InChI=1S/C13H26N2O2/c1-4-11(2)9-15(3)13(16)10-17-12-5-7-14-8-6-12/h11-12,14H,4-10H2,1-3H3. The zero-order chi connectivity index (χ0) is 12.7.